The summed E-state index contributed by atoms with van der Waals surface area (Å²) in [5, 5.41) is 3.12. The van der Waals surface area contributed by atoms with Gasteiger partial charge in [-0.1, -0.05) is 52.3 Å². The number of hydrogen-bond donors (Lipinski definition) is 1. The van der Waals surface area contributed by atoms with Crippen LogP contribution in [0.1, 0.15) is 21.5 Å². The fourth-order valence-corrected chi connectivity index (χ4v) is 2.64. The molecule has 2 rings (SSSR count). The Morgan fingerprint density at radius 2 is 1.95 bits per heavy atom. The van der Waals surface area contributed by atoms with E-state index < -0.39 is 0 Å². The number of nitrogens with one attached hydrogen (secondary N) is 1. The molecule has 0 atom stereocenters. The molecule has 104 valence electrons. The molecule has 0 aliphatic heterocycles. The lowest BCUT2D eigenvalue weighted by molar-refractivity contribution is 0.0992. The predicted octanol–water partition coefficient (Wildman–Crippen LogP) is 3.64. The Balaban J connectivity index is 2.16. The summed E-state index contributed by atoms with van der Waals surface area (Å²) in [6.45, 7) is 0.876. The van der Waals surface area contributed by atoms with Crippen LogP contribution in [0.4, 0.5) is 0 Å². The molecule has 0 aliphatic rings. The number of carbonyl (C=O) groups excluding carboxylic acids is 1. The maximum absolute atomic E-state index is 12.5. The number of halogens is 1. The maximum atomic E-state index is 12.5. The van der Waals surface area contributed by atoms with Crippen molar-refractivity contribution in [1.29, 1.82) is 0 Å². The monoisotopic (exact) mass is 331 g/mol. The molecule has 20 heavy (non-hydrogen) atoms. The normalized spacial score (nSPS) is 10.5. The van der Waals surface area contributed by atoms with Crippen molar-refractivity contribution in [2.75, 3.05) is 13.6 Å². The van der Waals surface area contributed by atoms with Crippen molar-refractivity contribution in [3.63, 3.8) is 0 Å². The molecule has 0 radical (unpaired) electrons. The van der Waals surface area contributed by atoms with Crippen LogP contribution < -0.4 is 5.32 Å². The first-order chi connectivity index (χ1) is 9.70. The fraction of sp³-hybridized carbons (Fsp3) is 0.235. The van der Waals surface area contributed by atoms with Crippen molar-refractivity contribution in [2.24, 2.45) is 0 Å². The van der Waals surface area contributed by atoms with Crippen molar-refractivity contribution >= 4 is 21.7 Å². The van der Waals surface area contributed by atoms with Crippen LogP contribution in [0.3, 0.4) is 0 Å². The lowest BCUT2D eigenvalue weighted by Crippen LogP contribution is -2.14. The molecule has 0 unspecified atom stereocenters. The molecule has 0 heterocycles. The highest BCUT2D eigenvalue weighted by Gasteiger charge is 2.11. The fourth-order valence-electron chi connectivity index (χ4n) is 2.20. The third kappa shape index (κ3) is 4.02. The molecule has 0 fully saturated rings. The van der Waals surface area contributed by atoms with Crippen LogP contribution in [-0.2, 0) is 12.8 Å². The second-order valence-electron chi connectivity index (χ2n) is 4.74. The van der Waals surface area contributed by atoms with E-state index >= 15 is 0 Å². The second kappa shape index (κ2) is 7.36. The molecule has 2 nitrogen and oxygen atoms in total. The smallest absolute Gasteiger partial charge is 0.167 e. The summed E-state index contributed by atoms with van der Waals surface area (Å²) in [6, 6.07) is 15.8. The van der Waals surface area contributed by atoms with E-state index in [1.807, 2.05) is 55.6 Å². The Morgan fingerprint density at radius 3 is 2.70 bits per heavy atom. The molecular weight excluding hydrogens is 314 g/mol. The van der Waals surface area contributed by atoms with Crippen LogP contribution in [0.15, 0.2) is 53.0 Å². The maximum Gasteiger partial charge on any atom is 0.167 e. The average Bonchev–Trinajstić information content (AvgIpc) is 2.45. The molecule has 0 spiro atoms. The second-order valence-corrected chi connectivity index (χ2v) is 5.66. The average molecular weight is 332 g/mol. The van der Waals surface area contributed by atoms with Crippen molar-refractivity contribution in [3.8, 4) is 0 Å². The van der Waals surface area contributed by atoms with Gasteiger partial charge in [0.1, 0.15) is 0 Å². The highest BCUT2D eigenvalue weighted by atomic mass is 79.9. The zero-order valence-corrected chi connectivity index (χ0v) is 13.1. The minimum Gasteiger partial charge on any atom is -0.319 e. The lowest BCUT2D eigenvalue weighted by Gasteiger charge is -2.09. The number of rotatable bonds is 6. The third-order valence-electron chi connectivity index (χ3n) is 3.22. The van der Waals surface area contributed by atoms with Crippen LogP contribution >= 0.6 is 15.9 Å². The van der Waals surface area contributed by atoms with Crippen LogP contribution in [0.2, 0.25) is 0 Å². The van der Waals surface area contributed by atoms with Crippen LogP contribution in [0.5, 0.6) is 0 Å². The molecule has 2 aromatic carbocycles. The van der Waals surface area contributed by atoms with Gasteiger partial charge in [-0.05, 0) is 43.3 Å². The first-order valence-electron chi connectivity index (χ1n) is 6.71. The standard InChI is InChI=1S/C17H18BrNO/c1-19-10-9-14-6-2-3-8-16(14)17(20)12-13-5-4-7-15(18)11-13/h2-8,11,19H,9-10,12H2,1H3. The Hall–Kier alpha value is -1.45. The molecule has 1 N–H and O–H groups in total. The van der Waals surface area contributed by atoms with E-state index in [2.05, 4.69) is 21.2 Å². The van der Waals surface area contributed by atoms with Gasteiger partial charge in [-0.25, -0.2) is 0 Å². The Kier molecular flexibility index (Phi) is 5.50. The number of benzene rings is 2. The van der Waals surface area contributed by atoms with E-state index in [1.54, 1.807) is 0 Å². The predicted molar refractivity (Wildman–Crippen MR) is 86.2 cm³/mol. The van der Waals surface area contributed by atoms with Gasteiger partial charge in [0.05, 0.1) is 0 Å². The quantitative estimate of drug-likeness (QED) is 0.819. The molecule has 0 saturated heterocycles. The van der Waals surface area contributed by atoms with E-state index in [0.29, 0.717) is 6.42 Å². The summed E-state index contributed by atoms with van der Waals surface area (Å²) < 4.78 is 1.01. The van der Waals surface area contributed by atoms with E-state index in [9.17, 15) is 4.79 Å². The number of ketones is 1. The van der Waals surface area contributed by atoms with Crippen LogP contribution in [0.25, 0.3) is 0 Å². The van der Waals surface area contributed by atoms with Crippen molar-refractivity contribution < 1.29 is 4.79 Å². The first-order valence-corrected chi connectivity index (χ1v) is 7.50. The lowest BCUT2D eigenvalue weighted by atomic mass is 9.97. The van der Waals surface area contributed by atoms with Gasteiger partial charge in [-0.2, -0.15) is 0 Å². The van der Waals surface area contributed by atoms with E-state index in [4.69, 9.17) is 0 Å². The summed E-state index contributed by atoms with van der Waals surface area (Å²) in [4.78, 5) is 12.5. The van der Waals surface area contributed by atoms with Crippen molar-refractivity contribution in [1.82, 2.24) is 5.32 Å². The summed E-state index contributed by atoms with van der Waals surface area (Å²) >= 11 is 3.44. The number of hydrogen-bond acceptors (Lipinski definition) is 2. The SMILES string of the molecule is CNCCc1ccccc1C(=O)Cc1cccc(Br)c1. The number of Topliss-reactive ketones (excluding diaryl/α,β-unsaturated/α-hetero) is 1. The molecule has 0 amide bonds. The molecule has 0 aromatic heterocycles. The Labute approximate surface area is 128 Å². The zero-order valence-electron chi connectivity index (χ0n) is 11.5. The molecule has 2 aromatic rings. The van der Waals surface area contributed by atoms with Gasteiger partial charge >= 0.3 is 0 Å². The van der Waals surface area contributed by atoms with E-state index in [0.717, 1.165) is 34.1 Å². The topological polar surface area (TPSA) is 29.1 Å². The van der Waals surface area contributed by atoms with Gasteiger partial charge in [0, 0.05) is 16.5 Å². The molecule has 0 saturated carbocycles. The van der Waals surface area contributed by atoms with Gasteiger partial charge in [0.25, 0.3) is 0 Å². The summed E-state index contributed by atoms with van der Waals surface area (Å²) in [5.74, 6) is 0.176. The molecular formula is C17H18BrNO. The third-order valence-corrected chi connectivity index (χ3v) is 3.71. The van der Waals surface area contributed by atoms with Crippen molar-refractivity contribution in [3.05, 3.63) is 69.7 Å². The highest BCUT2D eigenvalue weighted by molar-refractivity contribution is 9.10. The Bertz CT molecular complexity index is 595. The number of carbonyl (C=O) groups is 1. The summed E-state index contributed by atoms with van der Waals surface area (Å²) in [6.07, 6.45) is 1.31. The van der Waals surface area contributed by atoms with Crippen molar-refractivity contribution in [2.45, 2.75) is 12.8 Å². The molecule has 0 aliphatic carbocycles. The first kappa shape index (κ1) is 14.9. The highest BCUT2D eigenvalue weighted by Crippen LogP contribution is 2.16. The molecule has 3 heteroatoms. The van der Waals surface area contributed by atoms with E-state index in [1.165, 1.54) is 0 Å². The van der Waals surface area contributed by atoms with Gasteiger partial charge in [-0.3, -0.25) is 4.79 Å². The summed E-state index contributed by atoms with van der Waals surface area (Å²) in [7, 11) is 1.92. The minimum atomic E-state index is 0.176. The van der Waals surface area contributed by atoms with Gasteiger partial charge < -0.3 is 5.32 Å². The van der Waals surface area contributed by atoms with Crippen LogP contribution in [-0.4, -0.2) is 19.4 Å². The minimum absolute atomic E-state index is 0.176. The molecule has 0 bridgehead atoms. The van der Waals surface area contributed by atoms with Gasteiger partial charge in [0.2, 0.25) is 0 Å². The Morgan fingerprint density at radius 1 is 1.15 bits per heavy atom. The van der Waals surface area contributed by atoms with Gasteiger partial charge in [0.15, 0.2) is 5.78 Å². The number of likely N-dealkylation sites (N-methyl/N-ethyl adjacent to an activating group) is 1. The largest absolute Gasteiger partial charge is 0.319 e. The van der Waals surface area contributed by atoms with E-state index in [-0.39, 0.29) is 5.78 Å². The zero-order chi connectivity index (χ0) is 14.4. The van der Waals surface area contributed by atoms with Crippen LogP contribution in [0, 0.1) is 0 Å². The summed E-state index contributed by atoms with van der Waals surface area (Å²) in [5.41, 5.74) is 2.98. The van der Waals surface area contributed by atoms with Gasteiger partial charge in [-0.15, -0.1) is 0 Å².